The average molecular weight is 260 g/mol. The number of benzene rings is 1. The summed E-state index contributed by atoms with van der Waals surface area (Å²) in [4.78, 5) is 0. The monoisotopic (exact) mass is 259 g/mol. The van der Waals surface area contributed by atoms with Gasteiger partial charge in [-0.3, -0.25) is 0 Å². The van der Waals surface area contributed by atoms with Gasteiger partial charge in [0.05, 0.1) is 0 Å². The molecule has 1 nitrogen and oxygen atoms in total. The number of unbranched alkanes of at least 4 members (excludes halogenated alkanes) is 1. The van der Waals surface area contributed by atoms with Gasteiger partial charge in [0.1, 0.15) is 0 Å². The maximum Gasteiger partial charge on any atom is 0.0465 e. The van der Waals surface area contributed by atoms with Gasteiger partial charge in [-0.15, -0.1) is 0 Å². The highest BCUT2D eigenvalue weighted by atomic mass is 35.5. The summed E-state index contributed by atoms with van der Waals surface area (Å²) < 4.78 is 0. The van der Waals surface area contributed by atoms with E-state index in [1.165, 1.54) is 19.3 Å². The van der Waals surface area contributed by atoms with Gasteiger partial charge in [-0.2, -0.15) is 0 Å². The lowest BCUT2D eigenvalue weighted by Gasteiger charge is -2.14. The Morgan fingerprint density at radius 2 is 2.06 bits per heavy atom. The third-order valence-electron chi connectivity index (χ3n) is 2.65. The van der Waals surface area contributed by atoms with E-state index in [0.717, 1.165) is 17.1 Å². The molecule has 0 aromatic heterocycles. The minimum atomic E-state index is 0.534. The molecule has 0 bridgehead atoms. The molecular weight excluding hydrogens is 241 g/mol. The molecule has 0 heterocycles. The Morgan fingerprint density at radius 3 is 2.69 bits per heavy atom. The Labute approximate surface area is 108 Å². The molecule has 0 fully saturated rings. The van der Waals surface area contributed by atoms with Gasteiger partial charge in [-0.1, -0.05) is 49.0 Å². The zero-order valence-electron chi connectivity index (χ0n) is 9.89. The van der Waals surface area contributed by atoms with E-state index in [2.05, 4.69) is 19.2 Å². The Bertz CT molecular complexity index is 326. The maximum absolute atomic E-state index is 6.09. The largest absolute Gasteiger partial charge is 0.310 e. The minimum Gasteiger partial charge on any atom is -0.310 e. The smallest absolute Gasteiger partial charge is 0.0465 e. The van der Waals surface area contributed by atoms with Crippen molar-refractivity contribution in [3.8, 4) is 0 Å². The predicted molar refractivity (Wildman–Crippen MR) is 72.3 cm³/mol. The zero-order valence-corrected chi connectivity index (χ0v) is 11.4. The summed E-state index contributed by atoms with van der Waals surface area (Å²) in [6.07, 6.45) is 3.72. The molecule has 0 saturated carbocycles. The summed E-state index contributed by atoms with van der Waals surface area (Å²) in [6.45, 7) is 5.23. The van der Waals surface area contributed by atoms with Crippen molar-refractivity contribution in [3.63, 3.8) is 0 Å². The molecule has 0 amide bonds. The van der Waals surface area contributed by atoms with Crippen molar-refractivity contribution in [2.75, 3.05) is 0 Å². The fourth-order valence-corrected chi connectivity index (χ4v) is 2.04. The lowest BCUT2D eigenvalue weighted by Crippen LogP contribution is -2.25. The molecule has 1 N–H and O–H groups in total. The molecule has 0 radical (unpaired) electrons. The molecule has 1 aromatic carbocycles. The van der Waals surface area contributed by atoms with E-state index in [1.54, 1.807) is 6.07 Å². The first-order valence-electron chi connectivity index (χ1n) is 5.80. The maximum atomic E-state index is 6.09. The Balaban J connectivity index is 2.42. The van der Waals surface area contributed by atoms with Crippen LogP contribution < -0.4 is 5.32 Å². The minimum absolute atomic E-state index is 0.534. The second kappa shape index (κ2) is 7.16. The first-order chi connectivity index (χ1) is 7.63. The van der Waals surface area contributed by atoms with Crippen molar-refractivity contribution < 1.29 is 0 Å². The Hall–Kier alpha value is -0.240. The van der Waals surface area contributed by atoms with E-state index in [-0.39, 0.29) is 0 Å². The van der Waals surface area contributed by atoms with E-state index >= 15 is 0 Å². The zero-order chi connectivity index (χ0) is 12.0. The lowest BCUT2D eigenvalue weighted by atomic mass is 10.1. The highest BCUT2D eigenvalue weighted by molar-refractivity contribution is 6.35. The molecule has 0 spiro atoms. The van der Waals surface area contributed by atoms with Crippen LogP contribution in [0.25, 0.3) is 0 Å². The molecule has 1 atom stereocenters. The van der Waals surface area contributed by atoms with Crippen molar-refractivity contribution in [2.24, 2.45) is 0 Å². The van der Waals surface area contributed by atoms with E-state index in [1.807, 2.05) is 12.1 Å². The molecule has 0 aliphatic heterocycles. The van der Waals surface area contributed by atoms with Gasteiger partial charge in [-0.25, -0.2) is 0 Å². The van der Waals surface area contributed by atoms with Crippen LogP contribution in [0.15, 0.2) is 18.2 Å². The summed E-state index contributed by atoms with van der Waals surface area (Å²) in [5.41, 5.74) is 1.11. The van der Waals surface area contributed by atoms with Crippen molar-refractivity contribution in [2.45, 2.75) is 45.7 Å². The predicted octanol–water partition coefficient (Wildman–Crippen LogP) is 4.66. The summed E-state index contributed by atoms with van der Waals surface area (Å²) in [5, 5.41) is 4.89. The van der Waals surface area contributed by atoms with E-state index < -0.39 is 0 Å². The molecule has 1 unspecified atom stereocenters. The number of halogens is 2. The van der Waals surface area contributed by atoms with Crippen LogP contribution in [-0.4, -0.2) is 6.04 Å². The van der Waals surface area contributed by atoms with Crippen LogP contribution in [-0.2, 0) is 6.54 Å². The second-order valence-electron chi connectivity index (χ2n) is 4.16. The van der Waals surface area contributed by atoms with E-state index in [9.17, 15) is 0 Å². The van der Waals surface area contributed by atoms with Crippen LogP contribution in [0.3, 0.4) is 0 Å². The molecular formula is C13H19Cl2N. The van der Waals surface area contributed by atoms with E-state index in [4.69, 9.17) is 23.2 Å². The Kier molecular flexibility index (Phi) is 6.18. The topological polar surface area (TPSA) is 12.0 Å². The number of nitrogens with one attached hydrogen (secondary N) is 1. The first-order valence-corrected chi connectivity index (χ1v) is 6.56. The van der Waals surface area contributed by atoms with Gasteiger partial charge >= 0.3 is 0 Å². The van der Waals surface area contributed by atoms with Gasteiger partial charge < -0.3 is 5.32 Å². The van der Waals surface area contributed by atoms with Crippen LogP contribution in [0.2, 0.25) is 10.0 Å². The van der Waals surface area contributed by atoms with Gasteiger partial charge in [0.25, 0.3) is 0 Å². The molecule has 0 saturated heterocycles. The van der Waals surface area contributed by atoms with Crippen LogP contribution in [0.5, 0.6) is 0 Å². The standard InChI is InChI=1S/C13H19Cl2N/c1-3-4-5-10(2)16-9-11-6-7-12(14)8-13(11)15/h6-8,10,16H,3-5,9H2,1-2H3. The fraction of sp³-hybridized carbons (Fsp3) is 0.538. The van der Waals surface area contributed by atoms with Crippen molar-refractivity contribution in [1.29, 1.82) is 0 Å². The number of rotatable bonds is 6. The van der Waals surface area contributed by atoms with Crippen molar-refractivity contribution >= 4 is 23.2 Å². The molecule has 1 rings (SSSR count). The summed E-state index contributed by atoms with van der Waals surface area (Å²) >= 11 is 11.9. The molecule has 1 aromatic rings. The third-order valence-corrected chi connectivity index (χ3v) is 3.23. The molecule has 0 aliphatic carbocycles. The fourth-order valence-electron chi connectivity index (χ4n) is 1.56. The highest BCUT2D eigenvalue weighted by Crippen LogP contribution is 2.20. The summed E-state index contributed by atoms with van der Waals surface area (Å²) in [7, 11) is 0. The van der Waals surface area contributed by atoms with E-state index in [0.29, 0.717) is 11.1 Å². The SMILES string of the molecule is CCCCC(C)NCc1ccc(Cl)cc1Cl. The normalized spacial score (nSPS) is 12.8. The van der Waals surface area contributed by atoms with Gasteiger partial charge in [-0.05, 0) is 31.0 Å². The summed E-state index contributed by atoms with van der Waals surface area (Å²) in [6, 6.07) is 6.18. The van der Waals surface area contributed by atoms with Gasteiger partial charge in [0, 0.05) is 22.6 Å². The van der Waals surface area contributed by atoms with Crippen LogP contribution >= 0.6 is 23.2 Å². The van der Waals surface area contributed by atoms with Crippen LogP contribution in [0.1, 0.15) is 38.7 Å². The molecule has 3 heteroatoms. The molecule has 0 aliphatic rings. The lowest BCUT2D eigenvalue weighted by molar-refractivity contribution is 0.495. The van der Waals surface area contributed by atoms with Crippen molar-refractivity contribution in [3.05, 3.63) is 33.8 Å². The van der Waals surface area contributed by atoms with Crippen LogP contribution in [0.4, 0.5) is 0 Å². The van der Waals surface area contributed by atoms with Crippen molar-refractivity contribution in [1.82, 2.24) is 5.32 Å². The Morgan fingerprint density at radius 1 is 1.31 bits per heavy atom. The van der Waals surface area contributed by atoms with Crippen LogP contribution in [0, 0.1) is 0 Å². The second-order valence-corrected chi connectivity index (χ2v) is 5.00. The first kappa shape index (κ1) is 13.8. The van der Waals surface area contributed by atoms with Gasteiger partial charge in [0.2, 0.25) is 0 Å². The highest BCUT2D eigenvalue weighted by Gasteiger charge is 2.04. The van der Waals surface area contributed by atoms with Gasteiger partial charge in [0.15, 0.2) is 0 Å². The number of hydrogen-bond donors (Lipinski definition) is 1. The summed E-state index contributed by atoms with van der Waals surface area (Å²) in [5.74, 6) is 0. The number of hydrogen-bond acceptors (Lipinski definition) is 1. The third kappa shape index (κ3) is 4.73. The molecule has 16 heavy (non-hydrogen) atoms. The molecule has 90 valence electrons. The quantitative estimate of drug-likeness (QED) is 0.784. The average Bonchev–Trinajstić information content (AvgIpc) is 2.25.